The highest BCUT2D eigenvalue weighted by atomic mass is 16.2. The van der Waals surface area contributed by atoms with Crippen LogP contribution in [-0.4, -0.2) is 24.5 Å². The summed E-state index contributed by atoms with van der Waals surface area (Å²) in [6, 6.07) is -0.625. The smallest absolute Gasteiger partial charge is 0.217 e. The normalized spacial score (nSPS) is 11.8. The van der Waals surface area contributed by atoms with Gasteiger partial charge in [-0.3, -0.25) is 14.4 Å². The van der Waals surface area contributed by atoms with Gasteiger partial charge in [0, 0.05) is 0 Å². The molecule has 0 rings (SSSR count). The number of amides is 1. The molecule has 0 heterocycles. The Labute approximate surface area is 71.3 Å². The molecule has 1 amide bonds. The predicted molar refractivity (Wildman–Crippen MR) is 43.6 cm³/mol. The summed E-state index contributed by atoms with van der Waals surface area (Å²) in [4.78, 5) is 30.9. The van der Waals surface area contributed by atoms with E-state index in [1.54, 1.807) is 0 Å². The number of rotatable bonds is 7. The van der Waals surface area contributed by atoms with Crippen LogP contribution in [0.1, 0.15) is 26.2 Å². The highest BCUT2D eigenvalue weighted by molar-refractivity contribution is 6.27. The van der Waals surface area contributed by atoms with Crippen molar-refractivity contribution in [2.45, 2.75) is 32.2 Å². The van der Waals surface area contributed by atoms with Crippen molar-refractivity contribution in [2.75, 3.05) is 0 Å². The van der Waals surface area contributed by atoms with Crippen molar-refractivity contribution in [1.82, 2.24) is 5.32 Å². The van der Waals surface area contributed by atoms with Crippen LogP contribution in [0.2, 0.25) is 0 Å². The van der Waals surface area contributed by atoms with Gasteiger partial charge in [0.2, 0.25) is 12.2 Å². The van der Waals surface area contributed by atoms with Crippen molar-refractivity contribution in [2.24, 2.45) is 0 Å². The molecule has 0 fully saturated rings. The molecule has 0 aliphatic carbocycles. The Morgan fingerprint density at radius 3 is 2.58 bits per heavy atom. The monoisotopic (exact) mass is 171 g/mol. The second kappa shape index (κ2) is 6.52. The van der Waals surface area contributed by atoms with Crippen LogP contribution in [0.3, 0.4) is 0 Å². The zero-order chi connectivity index (χ0) is 9.40. The summed E-state index contributed by atoms with van der Waals surface area (Å²) >= 11 is 0. The van der Waals surface area contributed by atoms with E-state index in [-0.39, 0.29) is 6.29 Å². The van der Waals surface area contributed by atoms with Gasteiger partial charge in [-0.15, -0.1) is 0 Å². The number of unbranched alkanes of at least 4 members (excludes halogenated alkanes) is 1. The summed E-state index contributed by atoms with van der Waals surface area (Å²) in [5.41, 5.74) is 0. The van der Waals surface area contributed by atoms with Crippen LogP contribution < -0.4 is 5.32 Å². The molecule has 1 atom stereocenters. The van der Waals surface area contributed by atoms with Crippen molar-refractivity contribution >= 4 is 18.5 Å². The third-order valence-electron chi connectivity index (χ3n) is 1.58. The van der Waals surface area contributed by atoms with Crippen molar-refractivity contribution in [3.63, 3.8) is 0 Å². The lowest BCUT2D eigenvalue weighted by Gasteiger charge is -2.09. The van der Waals surface area contributed by atoms with Crippen LogP contribution in [0.25, 0.3) is 0 Å². The summed E-state index contributed by atoms with van der Waals surface area (Å²) in [7, 11) is 0. The highest BCUT2D eigenvalue weighted by Crippen LogP contribution is 1.99. The molecule has 0 spiro atoms. The van der Waals surface area contributed by atoms with E-state index in [1.165, 1.54) is 0 Å². The van der Waals surface area contributed by atoms with E-state index in [0.717, 1.165) is 12.8 Å². The van der Waals surface area contributed by atoms with Crippen LogP contribution in [0.15, 0.2) is 0 Å². The molecule has 4 heteroatoms. The Morgan fingerprint density at radius 2 is 2.17 bits per heavy atom. The molecule has 0 aromatic carbocycles. The van der Waals surface area contributed by atoms with Crippen LogP contribution in [-0.2, 0) is 14.4 Å². The van der Waals surface area contributed by atoms with Gasteiger partial charge in [-0.2, -0.15) is 0 Å². The minimum atomic E-state index is -0.625. The fourth-order valence-corrected chi connectivity index (χ4v) is 0.880. The SMILES string of the molecule is CCCCC(NC=O)C(=O)C=O. The summed E-state index contributed by atoms with van der Waals surface area (Å²) in [5.74, 6) is -0.560. The lowest BCUT2D eigenvalue weighted by atomic mass is 10.1. The minimum Gasteiger partial charge on any atom is -0.348 e. The maximum Gasteiger partial charge on any atom is 0.217 e. The lowest BCUT2D eigenvalue weighted by molar-refractivity contribution is -0.132. The van der Waals surface area contributed by atoms with Gasteiger partial charge in [-0.1, -0.05) is 19.8 Å². The van der Waals surface area contributed by atoms with E-state index in [1.807, 2.05) is 6.92 Å². The predicted octanol–water partition coefficient (Wildman–Crippen LogP) is 0.0592. The fraction of sp³-hybridized carbons (Fsp3) is 0.625. The number of carbonyl (C=O) groups is 3. The van der Waals surface area contributed by atoms with E-state index >= 15 is 0 Å². The standard InChI is InChI=1S/C8H13NO3/c1-2-3-4-7(9-6-11)8(12)5-10/h5-7H,2-4H2,1H3,(H,9,11). The van der Waals surface area contributed by atoms with Gasteiger partial charge >= 0.3 is 0 Å². The van der Waals surface area contributed by atoms with Crippen molar-refractivity contribution in [3.05, 3.63) is 0 Å². The molecule has 0 aromatic rings. The lowest BCUT2D eigenvalue weighted by Crippen LogP contribution is -2.36. The van der Waals surface area contributed by atoms with E-state index < -0.39 is 11.8 Å². The molecule has 0 radical (unpaired) electrons. The summed E-state index contributed by atoms with van der Waals surface area (Å²) in [6.45, 7) is 1.98. The van der Waals surface area contributed by atoms with Crippen LogP contribution in [0.4, 0.5) is 0 Å². The molecular formula is C8H13NO3. The van der Waals surface area contributed by atoms with E-state index in [0.29, 0.717) is 12.8 Å². The zero-order valence-electron chi connectivity index (χ0n) is 7.08. The molecule has 0 bridgehead atoms. The minimum absolute atomic E-state index is 0.247. The number of aldehydes is 1. The Bertz CT molecular complexity index is 168. The van der Waals surface area contributed by atoms with E-state index in [4.69, 9.17) is 0 Å². The van der Waals surface area contributed by atoms with Crippen molar-refractivity contribution < 1.29 is 14.4 Å². The summed E-state index contributed by atoms with van der Waals surface area (Å²) in [6.07, 6.45) is 2.99. The van der Waals surface area contributed by atoms with Crippen LogP contribution in [0, 0.1) is 0 Å². The second-order valence-electron chi connectivity index (χ2n) is 2.50. The quantitative estimate of drug-likeness (QED) is 0.435. The molecule has 0 saturated carbocycles. The Kier molecular flexibility index (Phi) is 5.87. The first-order valence-electron chi connectivity index (χ1n) is 3.95. The van der Waals surface area contributed by atoms with Gasteiger partial charge in [0.1, 0.15) is 0 Å². The van der Waals surface area contributed by atoms with E-state index in [9.17, 15) is 14.4 Å². The van der Waals surface area contributed by atoms with Gasteiger partial charge in [0.25, 0.3) is 0 Å². The highest BCUT2D eigenvalue weighted by Gasteiger charge is 2.14. The number of hydrogen-bond donors (Lipinski definition) is 1. The first-order chi connectivity index (χ1) is 5.76. The van der Waals surface area contributed by atoms with E-state index in [2.05, 4.69) is 5.32 Å². The van der Waals surface area contributed by atoms with Gasteiger partial charge in [0.15, 0.2) is 6.29 Å². The Hall–Kier alpha value is -1.19. The first kappa shape index (κ1) is 10.8. The molecule has 4 nitrogen and oxygen atoms in total. The number of nitrogens with one attached hydrogen (secondary N) is 1. The van der Waals surface area contributed by atoms with Crippen LogP contribution in [0.5, 0.6) is 0 Å². The maximum absolute atomic E-state index is 10.8. The van der Waals surface area contributed by atoms with Gasteiger partial charge in [-0.25, -0.2) is 0 Å². The fourth-order valence-electron chi connectivity index (χ4n) is 0.880. The molecule has 0 aliphatic rings. The third kappa shape index (κ3) is 3.85. The molecule has 0 aliphatic heterocycles. The summed E-state index contributed by atoms with van der Waals surface area (Å²) in [5, 5.41) is 2.31. The third-order valence-corrected chi connectivity index (χ3v) is 1.58. The topological polar surface area (TPSA) is 63.2 Å². The molecule has 1 N–H and O–H groups in total. The van der Waals surface area contributed by atoms with Gasteiger partial charge < -0.3 is 5.32 Å². The Balaban J connectivity index is 3.92. The van der Waals surface area contributed by atoms with Gasteiger partial charge in [0.05, 0.1) is 6.04 Å². The average Bonchev–Trinajstić information content (AvgIpc) is 2.11. The Morgan fingerprint density at radius 1 is 1.50 bits per heavy atom. The van der Waals surface area contributed by atoms with Crippen LogP contribution >= 0.6 is 0 Å². The van der Waals surface area contributed by atoms with Gasteiger partial charge in [-0.05, 0) is 6.42 Å². The molecule has 1 unspecified atom stereocenters. The molecule has 0 saturated heterocycles. The number of hydrogen-bond acceptors (Lipinski definition) is 3. The average molecular weight is 171 g/mol. The number of ketones is 1. The summed E-state index contributed by atoms with van der Waals surface area (Å²) < 4.78 is 0. The first-order valence-corrected chi connectivity index (χ1v) is 3.95. The zero-order valence-corrected chi connectivity index (χ0v) is 7.08. The number of Topliss-reactive ketones (excluding diaryl/α,β-unsaturated/α-hetero) is 1. The largest absolute Gasteiger partial charge is 0.348 e. The molecular weight excluding hydrogens is 158 g/mol. The molecule has 68 valence electrons. The second-order valence-corrected chi connectivity index (χ2v) is 2.50. The van der Waals surface area contributed by atoms with Crippen molar-refractivity contribution in [1.29, 1.82) is 0 Å². The van der Waals surface area contributed by atoms with Crippen molar-refractivity contribution in [3.8, 4) is 0 Å². The maximum atomic E-state index is 10.8. The molecule has 0 aromatic heterocycles. The number of carbonyl (C=O) groups excluding carboxylic acids is 3. The molecule has 12 heavy (non-hydrogen) atoms.